The molecule has 0 aromatic carbocycles. The third-order valence-electron chi connectivity index (χ3n) is 1.40. The van der Waals surface area contributed by atoms with Gasteiger partial charge >= 0.3 is 6.04 Å². The van der Waals surface area contributed by atoms with Gasteiger partial charge < -0.3 is 10.2 Å². The summed E-state index contributed by atoms with van der Waals surface area (Å²) >= 11 is 4.89. The van der Waals surface area contributed by atoms with Crippen LogP contribution in [0.15, 0.2) is 0 Å². The zero-order valence-electron chi connectivity index (χ0n) is 6.54. The van der Waals surface area contributed by atoms with Crippen LogP contribution in [0.1, 0.15) is 0 Å². The molecule has 0 rings (SSSR count). The molecule has 2 N–H and O–H groups in total. The van der Waals surface area contributed by atoms with Crippen LogP contribution in [-0.4, -0.2) is 42.2 Å². The largest absolute Gasteiger partial charge is 0.351 e. The van der Waals surface area contributed by atoms with Crippen molar-refractivity contribution in [1.29, 1.82) is 0 Å². The maximum Gasteiger partial charge on any atom is 0.342 e. The van der Waals surface area contributed by atoms with Crippen LogP contribution in [0.2, 0.25) is 0 Å². The molecule has 0 aliphatic carbocycles. The van der Waals surface area contributed by atoms with Crippen LogP contribution >= 0.6 is 31.9 Å². The Balaban J connectivity index is 4.99. The van der Waals surface area contributed by atoms with Crippen molar-refractivity contribution in [2.45, 2.75) is 16.8 Å². The lowest BCUT2D eigenvalue weighted by molar-refractivity contribution is -0.630. The topological polar surface area (TPSA) is 127 Å². The second-order valence-corrected chi connectivity index (χ2v) is 4.19. The molecule has 14 heavy (non-hydrogen) atoms. The summed E-state index contributed by atoms with van der Waals surface area (Å²) in [7, 11) is 0. The number of nitrogens with zero attached hydrogens (tertiary/aromatic N) is 2. The molecule has 0 aromatic rings. The number of alkyl halides is 2. The van der Waals surface area contributed by atoms with Gasteiger partial charge in [-0.25, -0.2) is 0 Å². The minimum absolute atomic E-state index is 0.361. The van der Waals surface area contributed by atoms with E-state index >= 15 is 0 Å². The van der Waals surface area contributed by atoms with Gasteiger partial charge in [-0.2, -0.15) is 0 Å². The number of rotatable bonds is 5. The Morgan fingerprint density at radius 1 is 1.29 bits per heavy atom. The Morgan fingerprint density at radius 2 is 1.71 bits per heavy atom. The highest BCUT2D eigenvalue weighted by Crippen LogP contribution is 2.22. The predicted molar refractivity (Wildman–Crippen MR) is 51.5 cm³/mol. The summed E-state index contributed by atoms with van der Waals surface area (Å²) < 4.78 is -2.91. The van der Waals surface area contributed by atoms with E-state index in [1.54, 1.807) is 0 Å². The summed E-state index contributed by atoms with van der Waals surface area (Å²) in [5.41, 5.74) is 0. The van der Waals surface area contributed by atoms with E-state index in [1.807, 2.05) is 0 Å². The lowest BCUT2D eigenvalue weighted by atomic mass is 10.1. The van der Waals surface area contributed by atoms with Crippen LogP contribution in [0.3, 0.4) is 0 Å². The molecule has 0 saturated carbocycles. The van der Waals surface area contributed by atoms with E-state index in [9.17, 15) is 20.2 Å². The second kappa shape index (κ2) is 4.96. The fraction of sp³-hybridized carbons (Fsp3) is 1.00. The summed E-state index contributed by atoms with van der Waals surface area (Å²) in [6.45, 7) is 0. The average Bonchev–Trinajstić information content (AvgIpc) is 1.95. The first-order chi connectivity index (χ1) is 6.21. The molecular weight excluding hydrogens is 332 g/mol. The van der Waals surface area contributed by atoms with E-state index < -0.39 is 26.6 Å². The van der Waals surface area contributed by atoms with Crippen molar-refractivity contribution < 1.29 is 20.1 Å². The molecule has 10 heteroatoms. The Hall–Kier alpha value is -0.320. The Morgan fingerprint density at radius 3 is 1.79 bits per heavy atom. The number of nitro groups is 2. The van der Waals surface area contributed by atoms with Crippen LogP contribution < -0.4 is 0 Å². The van der Waals surface area contributed by atoms with Gasteiger partial charge in [0.25, 0.3) is 10.7 Å². The molecular formula is C4H6Br2N2O6. The highest BCUT2D eigenvalue weighted by molar-refractivity contribution is 9.10. The van der Waals surface area contributed by atoms with E-state index in [4.69, 9.17) is 10.2 Å². The van der Waals surface area contributed by atoms with Gasteiger partial charge in [-0.1, -0.05) is 15.9 Å². The quantitative estimate of drug-likeness (QED) is 0.307. The molecule has 0 bridgehead atoms. The maximum absolute atomic E-state index is 10.4. The van der Waals surface area contributed by atoms with Gasteiger partial charge in [0.05, 0.1) is 5.33 Å². The van der Waals surface area contributed by atoms with Crippen molar-refractivity contribution in [2.24, 2.45) is 0 Å². The van der Waals surface area contributed by atoms with Crippen molar-refractivity contribution >= 4 is 31.9 Å². The highest BCUT2D eigenvalue weighted by atomic mass is 79.9. The SMILES string of the molecule is O=[N+]([O-])C(CBr)C([N+](=O)[O-])C(O)(O)Br. The summed E-state index contributed by atoms with van der Waals surface area (Å²) in [6, 6.07) is -3.89. The zero-order chi connectivity index (χ0) is 11.5. The normalized spacial score (nSPS) is 16.0. The number of aliphatic hydroxyl groups is 2. The number of hydrogen-bond acceptors (Lipinski definition) is 6. The monoisotopic (exact) mass is 336 g/mol. The van der Waals surface area contributed by atoms with Gasteiger partial charge in [-0.3, -0.25) is 20.2 Å². The van der Waals surface area contributed by atoms with Crippen molar-refractivity contribution in [3.8, 4) is 0 Å². The van der Waals surface area contributed by atoms with Crippen LogP contribution in [-0.2, 0) is 0 Å². The van der Waals surface area contributed by atoms with Crippen LogP contribution in [0.4, 0.5) is 0 Å². The molecule has 0 saturated heterocycles. The minimum atomic E-state index is -2.91. The van der Waals surface area contributed by atoms with E-state index in [1.165, 1.54) is 0 Å². The van der Waals surface area contributed by atoms with Crippen LogP contribution in [0.25, 0.3) is 0 Å². The summed E-state index contributed by atoms with van der Waals surface area (Å²) in [6.07, 6.45) is 0. The fourth-order valence-electron chi connectivity index (χ4n) is 0.775. The highest BCUT2D eigenvalue weighted by Gasteiger charge is 2.54. The molecule has 0 radical (unpaired) electrons. The maximum atomic E-state index is 10.4. The summed E-state index contributed by atoms with van der Waals surface area (Å²) in [5, 5.41) is 38.2. The fourth-order valence-corrected chi connectivity index (χ4v) is 1.84. The molecule has 0 heterocycles. The van der Waals surface area contributed by atoms with Gasteiger partial charge in [0.2, 0.25) is 0 Å². The van der Waals surface area contributed by atoms with Gasteiger partial charge in [0.1, 0.15) is 0 Å². The first kappa shape index (κ1) is 13.7. The molecule has 0 aliphatic rings. The lowest BCUT2D eigenvalue weighted by Crippen LogP contribution is -2.53. The smallest absolute Gasteiger partial charge is 0.342 e. The van der Waals surface area contributed by atoms with Gasteiger partial charge in [0, 0.05) is 9.85 Å². The number of hydrogen-bond donors (Lipinski definition) is 2. The van der Waals surface area contributed by atoms with Gasteiger partial charge in [0.15, 0.2) is 0 Å². The van der Waals surface area contributed by atoms with Crippen molar-refractivity contribution in [1.82, 2.24) is 0 Å². The predicted octanol–water partition coefficient (Wildman–Crippen LogP) is -0.295. The lowest BCUT2D eigenvalue weighted by Gasteiger charge is -2.19. The average molecular weight is 338 g/mol. The van der Waals surface area contributed by atoms with Gasteiger partial charge in [-0.15, -0.1) is 0 Å². The third-order valence-corrected chi connectivity index (χ3v) is 2.53. The molecule has 0 spiro atoms. The van der Waals surface area contributed by atoms with Crippen molar-refractivity contribution in [3.63, 3.8) is 0 Å². The molecule has 0 amide bonds. The molecule has 2 atom stereocenters. The first-order valence-corrected chi connectivity index (χ1v) is 5.09. The van der Waals surface area contributed by atoms with E-state index in [2.05, 4.69) is 31.9 Å². The molecule has 0 fully saturated rings. The standard InChI is InChI=1S/C4H6Br2N2O6/c5-1-2(7(11)12)3(8(13)14)4(6,9)10/h2-3,9-10H,1H2. The van der Waals surface area contributed by atoms with E-state index in [-0.39, 0.29) is 5.33 Å². The summed E-state index contributed by atoms with van der Waals surface area (Å²) in [5.74, 6) is 0. The molecule has 2 unspecified atom stereocenters. The zero-order valence-corrected chi connectivity index (χ0v) is 9.71. The van der Waals surface area contributed by atoms with Crippen molar-refractivity contribution in [3.05, 3.63) is 20.2 Å². The van der Waals surface area contributed by atoms with Gasteiger partial charge in [-0.05, 0) is 15.9 Å². The first-order valence-electron chi connectivity index (χ1n) is 3.18. The van der Waals surface area contributed by atoms with Crippen LogP contribution in [0, 0.1) is 20.2 Å². The summed E-state index contributed by atoms with van der Waals surface area (Å²) in [4.78, 5) is 18.7. The minimum Gasteiger partial charge on any atom is -0.351 e. The van der Waals surface area contributed by atoms with E-state index in [0.717, 1.165) is 0 Å². The number of halogens is 2. The molecule has 0 aromatic heterocycles. The van der Waals surface area contributed by atoms with Crippen LogP contribution in [0.5, 0.6) is 0 Å². The molecule has 8 nitrogen and oxygen atoms in total. The molecule has 0 aliphatic heterocycles. The Labute approximate surface area is 94.5 Å². The Bertz CT molecular complexity index is 240. The third kappa shape index (κ3) is 3.44. The van der Waals surface area contributed by atoms with Crippen molar-refractivity contribution in [2.75, 3.05) is 5.33 Å². The Kier molecular flexibility index (Phi) is 4.84. The van der Waals surface area contributed by atoms with E-state index in [0.29, 0.717) is 0 Å². The second-order valence-electron chi connectivity index (χ2n) is 2.37. The molecule has 82 valence electrons.